The van der Waals surface area contributed by atoms with Gasteiger partial charge in [0.25, 0.3) is 5.56 Å². The number of hydrogen-bond acceptors (Lipinski definition) is 7. The maximum absolute atomic E-state index is 12.7. The van der Waals surface area contributed by atoms with Gasteiger partial charge >= 0.3 is 0 Å². The average Bonchev–Trinajstić information content (AvgIpc) is 3.36. The largest absolute Gasteiger partial charge is 0.472 e. The molecule has 0 N–H and O–H groups in total. The second kappa shape index (κ2) is 9.45. The van der Waals surface area contributed by atoms with Gasteiger partial charge in [-0.1, -0.05) is 13.3 Å². The summed E-state index contributed by atoms with van der Waals surface area (Å²) >= 11 is 0. The molecule has 0 unspecified atom stereocenters. The van der Waals surface area contributed by atoms with Gasteiger partial charge in [0.2, 0.25) is 5.88 Å². The highest BCUT2D eigenvalue weighted by Gasteiger charge is 2.28. The Morgan fingerprint density at radius 3 is 2.85 bits per heavy atom. The molecule has 9 nitrogen and oxygen atoms in total. The Bertz CT molecular complexity index is 1250. The number of ether oxygens (including phenoxy) is 1. The number of nitriles is 1. The number of anilines is 1. The minimum absolute atomic E-state index is 0.0992. The number of pyridine rings is 1. The molecule has 0 radical (unpaired) electrons. The van der Waals surface area contributed by atoms with E-state index in [0.717, 1.165) is 41.8 Å². The topological polar surface area (TPSA) is 102 Å². The zero-order valence-electron chi connectivity index (χ0n) is 19.6. The molecule has 4 rings (SSSR count). The van der Waals surface area contributed by atoms with Crippen LogP contribution in [-0.4, -0.2) is 43.7 Å². The summed E-state index contributed by atoms with van der Waals surface area (Å²) in [6, 6.07) is 5.99. The van der Waals surface area contributed by atoms with E-state index in [0.29, 0.717) is 31.2 Å². The monoisotopic (exact) mass is 447 g/mol. The van der Waals surface area contributed by atoms with Crippen molar-refractivity contribution in [3.8, 4) is 23.1 Å². The molecule has 1 atom stereocenters. The normalized spacial score (nSPS) is 15.6. The van der Waals surface area contributed by atoms with Crippen LogP contribution in [0.5, 0.6) is 5.88 Å². The smallest absolute Gasteiger partial charge is 0.286 e. The van der Waals surface area contributed by atoms with Crippen LogP contribution in [0.1, 0.15) is 43.1 Å². The van der Waals surface area contributed by atoms with Gasteiger partial charge in [-0.05, 0) is 31.9 Å². The SMILES string of the molecule is CCCCn1ncc(N2CC[C@@H](Oc3cc(-c4c(C)nn(C)c4C)ccn3)C2)c(C#N)c1=O. The molecular weight excluding hydrogens is 418 g/mol. The van der Waals surface area contributed by atoms with Crippen LogP contribution in [0, 0.1) is 25.2 Å². The zero-order valence-corrected chi connectivity index (χ0v) is 19.6. The van der Waals surface area contributed by atoms with Crippen molar-refractivity contribution in [1.82, 2.24) is 24.5 Å². The molecule has 0 aliphatic carbocycles. The highest BCUT2D eigenvalue weighted by Crippen LogP contribution is 2.29. The lowest BCUT2D eigenvalue weighted by atomic mass is 10.1. The summed E-state index contributed by atoms with van der Waals surface area (Å²) in [7, 11) is 1.93. The van der Waals surface area contributed by atoms with Crippen molar-refractivity contribution in [2.45, 2.75) is 52.7 Å². The highest BCUT2D eigenvalue weighted by atomic mass is 16.5. The average molecular weight is 448 g/mol. The van der Waals surface area contributed by atoms with Crippen LogP contribution in [0.2, 0.25) is 0 Å². The summed E-state index contributed by atoms with van der Waals surface area (Å²) in [5.41, 5.74) is 4.54. The van der Waals surface area contributed by atoms with E-state index in [1.165, 1.54) is 4.68 Å². The van der Waals surface area contributed by atoms with Crippen LogP contribution in [0.3, 0.4) is 0 Å². The molecule has 0 spiro atoms. The zero-order chi connectivity index (χ0) is 23.5. The molecule has 0 bridgehead atoms. The van der Waals surface area contributed by atoms with E-state index >= 15 is 0 Å². The molecule has 33 heavy (non-hydrogen) atoms. The summed E-state index contributed by atoms with van der Waals surface area (Å²) in [5.74, 6) is 0.551. The van der Waals surface area contributed by atoms with Gasteiger partial charge in [0.15, 0.2) is 0 Å². The van der Waals surface area contributed by atoms with Crippen molar-refractivity contribution in [2.75, 3.05) is 18.0 Å². The fraction of sp³-hybridized carbons (Fsp3) is 0.458. The summed E-state index contributed by atoms with van der Waals surface area (Å²) < 4.78 is 9.44. The third kappa shape index (κ3) is 4.46. The van der Waals surface area contributed by atoms with Crippen molar-refractivity contribution in [1.29, 1.82) is 5.26 Å². The molecule has 3 aromatic rings. The number of aromatic nitrogens is 5. The first kappa shape index (κ1) is 22.5. The number of rotatable bonds is 7. The number of hydrogen-bond donors (Lipinski definition) is 0. The van der Waals surface area contributed by atoms with E-state index in [9.17, 15) is 10.1 Å². The van der Waals surface area contributed by atoms with Crippen LogP contribution >= 0.6 is 0 Å². The van der Waals surface area contributed by atoms with E-state index < -0.39 is 0 Å². The van der Waals surface area contributed by atoms with Gasteiger partial charge in [0, 0.05) is 50.1 Å². The standard InChI is InChI=1S/C24H29N7O2/c1-5-6-10-31-24(32)20(13-25)21(14-27-31)30-11-8-19(15-30)33-22-12-18(7-9-26-22)23-16(2)28-29(4)17(23)3/h7,9,12,14,19H,5-6,8,10-11,15H2,1-4H3/t19-/m1/s1. The van der Waals surface area contributed by atoms with Crippen LogP contribution in [0.25, 0.3) is 11.1 Å². The Morgan fingerprint density at radius 1 is 1.33 bits per heavy atom. The van der Waals surface area contributed by atoms with E-state index in [1.54, 1.807) is 12.4 Å². The van der Waals surface area contributed by atoms with E-state index in [-0.39, 0.29) is 17.2 Å². The number of nitrogens with zero attached hydrogens (tertiary/aromatic N) is 7. The molecule has 0 saturated carbocycles. The van der Waals surface area contributed by atoms with Gasteiger partial charge < -0.3 is 9.64 Å². The van der Waals surface area contributed by atoms with Crippen LogP contribution in [-0.2, 0) is 13.6 Å². The molecule has 1 aliphatic heterocycles. The first-order chi connectivity index (χ1) is 15.9. The summed E-state index contributed by atoms with van der Waals surface area (Å²) in [4.78, 5) is 19.1. The Kier molecular flexibility index (Phi) is 6.45. The molecule has 1 fully saturated rings. The van der Waals surface area contributed by atoms with Crippen molar-refractivity contribution < 1.29 is 4.74 Å². The second-order valence-corrected chi connectivity index (χ2v) is 8.43. The quantitative estimate of drug-likeness (QED) is 0.549. The first-order valence-electron chi connectivity index (χ1n) is 11.3. The van der Waals surface area contributed by atoms with Gasteiger partial charge in [0.1, 0.15) is 17.7 Å². The predicted octanol–water partition coefficient (Wildman–Crippen LogP) is 2.99. The molecule has 172 valence electrons. The predicted molar refractivity (Wildman–Crippen MR) is 125 cm³/mol. The van der Waals surface area contributed by atoms with Gasteiger partial charge in [-0.25, -0.2) is 9.67 Å². The maximum atomic E-state index is 12.7. The van der Waals surface area contributed by atoms with Crippen LogP contribution < -0.4 is 15.2 Å². The molecule has 0 amide bonds. The molecule has 0 aromatic carbocycles. The van der Waals surface area contributed by atoms with Crippen molar-refractivity contribution in [3.05, 3.63) is 51.8 Å². The van der Waals surface area contributed by atoms with E-state index in [4.69, 9.17) is 4.74 Å². The summed E-state index contributed by atoms with van der Waals surface area (Å²) in [5, 5.41) is 18.4. The molecular formula is C24H29N7O2. The Morgan fingerprint density at radius 2 is 2.15 bits per heavy atom. The van der Waals surface area contributed by atoms with E-state index in [1.807, 2.05) is 42.6 Å². The van der Waals surface area contributed by atoms with Crippen molar-refractivity contribution in [3.63, 3.8) is 0 Å². The molecule has 3 aromatic heterocycles. The third-order valence-electron chi connectivity index (χ3n) is 6.16. The molecule has 4 heterocycles. The summed E-state index contributed by atoms with van der Waals surface area (Å²) in [6.07, 6.45) is 5.85. The Balaban J connectivity index is 1.50. The second-order valence-electron chi connectivity index (χ2n) is 8.43. The van der Waals surface area contributed by atoms with Crippen LogP contribution in [0.4, 0.5) is 5.69 Å². The minimum Gasteiger partial charge on any atom is -0.472 e. The van der Waals surface area contributed by atoms with Crippen molar-refractivity contribution >= 4 is 5.69 Å². The first-order valence-corrected chi connectivity index (χ1v) is 11.3. The number of aryl methyl sites for hydroxylation is 3. The van der Waals surface area contributed by atoms with Crippen molar-refractivity contribution in [2.24, 2.45) is 7.05 Å². The molecule has 1 saturated heterocycles. The lowest BCUT2D eigenvalue weighted by molar-refractivity contribution is 0.216. The summed E-state index contributed by atoms with van der Waals surface area (Å²) in [6.45, 7) is 7.86. The van der Waals surface area contributed by atoms with Gasteiger partial charge in [-0.3, -0.25) is 9.48 Å². The highest BCUT2D eigenvalue weighted by molar-refractivity contribution is 5.69. The number of unbranched alkanes of at least 4 members (excludes halogenated alkanes) is 1. The van der Waals surface area contributed by atoms with Crippen LogP contribution in [0.15, 0.2) is 29.3 Å². The Hall–Kier alpha value is -3.67. The third-order valence-corrected chi connectivity index (χ3v) is 6.16. The Labute approximate surface area is 193 Å². The molecule has 1 aliphatic rings. The fourth-order valence-corrected chi connectivity index (χ4v) is 4.33. The lowest BCUT2D eigenvalue weighted by Crippen LogP contribution is -2.31. The van der Waals surface area contributed by atoms with E-state index in [2.05, 4.69) is 28.2 Å². The van der Waals surface area contributed by atoms with Gasteiger partial charge in [-0.15, -0.1) is 0 Å². The van der Waals surface area contributed by atoms with Gasteiger partial charge in [0.05, 0.1) is 24.1 Å². The minimum atomic E-state index is -0.329. The fourth-order valence-electron chi connectivity index (χ4n) is 4.33. The molecule has 9 heteroatoms. The maximum Gasteiger partial charge on any atom is 0.286 e. The van der Waals surface area contributed by atoms with Gasteiger partial charge in [-0.2, -0.15) is 15.5 Å². The lowest BCUT2D eigenvalue weighted by Gasteiger charge is -2.20.